The van der Waals surface area contributed by atoms with Crippen LogP contribution in [0.3, 0.4) is 0 Å². The molecular weight excluding hydrogens is 368 g/mol. The molecule has 0 saturated carbocycles. The maximum atomic E-state index is 14.2. The normalized spacial score (nSPS) is 19.0. The van der Waals surface area contributed by atoms with E-state index >= 15 is 0 Å². The molecule has 1 aromatic carbocycles. The zero-order chi connectivity index (χ0) is 20.3. The van der Waals surface area contributed by atoms with Crippen LogP contribution >= 0.6 is 0 Å². The fourth-order valence-corrected chi connectivity index (χ4v) is 3.51. The molecule has 1 heterocycles. The second-order valence-electron chi connectivity index (χ2n) is 7.13. The van der Waals surface area contributed by atoms with E-state index in [0.717, 1.165) is 18.9 Å². The highest BCUT2D eigenvalue weighted by Crippen LogP contribution is 2.24. The largest absolute Gasteiger partial charge is 0.339 e. The summed E-state index contributed by atoms with van der Waals surface area (Å²) in [5.74, 6) is -2.84. The van der Waals surface area contributed by atoms with E-state index in [0.29, 0.717) is 19.2 Å². The van der Waals surface area contributed by atoms with Gasteiger partial charge in [-0.2, -0.15) is 0 Å². The van der Waals surface area contributed by atoms with Crippen molar-refractivity contribution in [1.29, 1.82) is 0 Å². The number of nitrogens with one attached hydrogen (secondary N) is 1. The lowest BCUT2D eigenvalue weighted by Crippen LogP contribution is -2.50. The molecule has 1 aliphatic carbocycles. The van der Waals surface area contributed by atoms with Gasteiger partial charge in [0.05, 0.1) is 11.3 Å². The summed E-state index contributed by atoms with van der Waals surface area (Å²) in [7, 11) is 0. The van der Waals surface area contributed by atoms with Crippen molar-refractivity contribution in [3.63, 3.8) is 0 Å². The van der Waals surface area contributed by atoms with Crippen LogP contribution in [-0.2, 0) is 9.59 Å². The highest BCUT2D eigenvalue weighted by molar-refractivity contribution is 5.97. The first-order valence-electron chi connectivity index (χ1n) is 9.35. The average Bonchev–Trinajstić information content (AvgIpc) is 3.16. The van der Waals surface area contributed by atoms with Crippen molar-refractivity contribution in [2.75, 3.05) is 31.5 Å². The van der Waals surface area contributed by atoms with Crippen LogP contribution in [-0.4, -0.2) is 53.7 Å². The van der Waals surface area contributed by atoms with E-state index in [2.05, 4.69) is 5.32 Å². The number of carbonyl (C=O) groups is 3. The van der Waals surface area contributed by atoms with Gasteiger partial charge in [0.15, 0.2) is 0 Å². The van der Waals surface area contributed by atoms with Gasteiger partial charge in [-0.3, -0.25) is 14.4 Å². The molecule has 0 bridgehead atoms. The Morgan fingerprint density at radius 2 is 1.75 bits per heavy atom. The molecule has 8 heteroatoms. The standard InChI is InChI=1S/C20H23F2N3O3/c1-13(26)24-6-8-25(9-7-24)20(28)15-11-18(17(22)12-16(15)21)23-19(27)10-14-4-2-3-5-14/h2,4,11-12,14H,3,5-10H2,1H3,(H,23,27). The third-order valence-corrected chi connectivity index (χ3v) is 5.13. The first kappa shape index (κ1) is 20.0. The monoisotopic (exact) mass is 391 g/mol. The van der Waals surface area contributed by atoms with E-state index in [1.165, 1.54) is 11.8 Å². The lowest BCUT2D eigenvalue weighted by Gasteiger charge is -2.34. The van der Waals surface area contributed by atoms with E-state index in [-0.39, 0.29) is 48.5 Å². The van der Waals surface area contributed by atoms with Gasteiger partial charge in [0.25, 0.3) is 5.91 Å². The molecule has 28 heavy (non-hydrogen) atoms. The zero-order valence-corrected chi connectivity index (χ0v) is 15.7. The van der Waals surface area contributed by atoms with E-state index < -0.39 is 17.5 Å². The number of hydrogen-bond acceptors (Lipinski definition) is 3. The molecule has 1 N–H and O–H groups in total. The highest BCUT2D eigenvalue weighted by Gasteiger charge is 2.26. The van der Waals surface area contributed by atoms with Gasteiger partial charge in [-0.25, -0.2) is 8.78 Å². The SMILES string of the molecule is CC(=O)N1CCN(C(=O)c2cc(NC(=O)CC3C=CCC3)c(F)cc2F)CC1. The van der Waals surface area contributed by atoms with Crippen molar-refractivity contribution < 1.29 is 23.2 Å². The first-order valence-corrected chi connectivity index (χ1v) is 9.35. The number of anilines is 1. The molecule has 1 aromatic rings. The molecular formula is C20H23F2N3O3. The van der Waals surface area contributed by atoms with Crippen molar-refractivity contribution in [1.82, 2.24) is 9.80 Å². The summed E-state index contributed by atoms with van der Waals surface area (Å²) in [6, 6.07) is 1.66. The summed E-state index contributed by atoms with van der Waals surface area (Å²) in [4.78, 5) is 39.2. The molecule has 0 radical (unpaired) electrons. The number of rotatable bonds is 4. The molecule has 1 unspecified atom stereocenters. The summed E-state index contributed by atoms with van der Waals surface area (Å²) in [5, 5.41) is 2.45. The number of carbonyl (C=O) groups excluding carboxylic acids is 3. The van der Waals surface area contributed by atoms with Gasteiger partial charge in [0, 0.05) is 45.6 Å². The van der Waals surface area contributed by atoms with Gasteiger partial charge in [-0.1, -0.05) is 12.2 Å². The summed E-state index contributed by atoms with van der Waals surface area (Å²) >= 11 is 0. The molecule has 6 nitrogen and oxygen atoms in total. The minimum Gasteiger partial charge on any atom is -0.339 e. The van der Waals surface area contributed by atoms with Gasteiger partial charge in [-0.05, 0) is 24.8 Å². The van der Waals surface area contributed by atoms with Crippen molar-refractivity contribution in [3.05, 3.63) is 41.5 Å². The van der Waals surface area contributed by atoms with Crippen LogP contribution in [0.15, 0.2) is 24.3 Å². The van der Waals surface area contributed by atoms with Crippen LogP contribution < -0.4 is 5.32 Å². The van der Waals surface area contributed by atoms with Crippen LogP contribution in [0.4, 0.5) is 14.5 Å². The molecule has 3 amide bonds. The summed E-state index contributed by atoms with van der Waals surface area (Å²) in [5.41, 5.74) is -0.507. The van der Waals surface area contributed by atoms with Crippen LogP contribution in [0.25, 0.3) is 0 Å². The van der Waals surface area contributed by atoms with Crippen molar-refractivity contribution >= 4 is 23.4 Å². The van der Waals surface area contributed by atoms with Crippen molar-refractivity contribution in [2.24, 2.45) is 5.92 Å². The van der Waals surface area contributed by atoms with E-state index in [9.17, 15) is 23.2 Å². The molecule has 2 aliphatic rings. The first-order chi connectivity index (χ1) is 13.3. The van der Waals surface area contributed by atoms with Crippen LogP contribution in [0.2, 0.25) is 0 Å². The topological polar surface area (TPSA) is 69.7 Å². The summed E-state index contributed by atoms with van der Waals surface area (Å²) in [6.07, 6.45) is 5.95. The molecule has 1 saturated heterocycles. The van der Waals surface area contributed by atoms with Gasteiger partial charge >= 0.3 is 0 Å². The Bertz CT molecular complexity index is 817. The fourth-order valence-electron chi connectivity index (χ4n) is 3.51. The average molecular weight is 391 g/mol. The van der Waals surface area contributed by atoms with E-state index in [1.807, 2.05) is 12.2 Å². The Labute approximate surface area is 162 Å². The lowest BCUT2D eigenvalue weighted by molar-refractivity contribution is -0.130. The molecule has 3 rings (SSSR count). The number of allylic oxidation sites excluding steroid dienone is 2. The van der Waals surface area contributed by atoms with Crippen LogP contribution in [0.1, 0.15) is 36.5 Å². The summed E-state index contributed by atoms with van der Waals surface area (Å²) < 4.78 is 28.3. The second kappa shape index (κ2) is 8.50. The van der Waals surface area contributed by atoms with Gasteiger partial charge in [0.1, 0.15) is 11.6 Å². The molecule has 1 atom stereocenters. The van der Waals surface area contributed by atoms with Gasteiger partial charge in [-0.15, -0.1) is 0 Å². The summed E-state index contributed by atoms with van der Waals surface area (Å²) in [6.45, 7) is 2.72. The number of nitrogens with zero attached hydrogens (tertiary/aromatic N) is 2. The van der Waals surface area contributed by atoms with Crippen LogP contribution in [0, 0.1) is 17.6 Å². The molecule has 1 aliphatic heterocycles. The molecule has 0 aromatic heterocycles. The number of benzene rings is 1. The fraction of sp³-hybridized carbons (Fsp3) is 0.450. The highest BCUT2D eigenvalue weighted by atomic mass is 19.1. The smallest absolute Gasteiger partial charge is 0.257 e. The van der Waals surface area contributed by atoms with E-state index in [4.69, 9.17) is 0 Å². The predicted octanol–water partition coefficient (Wildman–Crippen LogP) is 2.56. The molecule has 150 valence electrons. The maximum Gasteiger partial charge on any atom is 0.257 e. The minimum atomic E-state index is -0.978. The quantitative estimate of drug-likeness (QED) is 0.802. The number of piperazine rings is 1. The lowest BCUT2D eigenvalue weighted by atomic mass is 10.0. The molecule has 0 spiro atoms. The number of amides is 3. The van der Waals surface area contributed by atoms with Crippen molar-refractivity contribution in [2.45, 2.75) is 26.2 Å². The maximum absolute atomic E-state index is 14.2. The van der Waals surface area contributed by atoms with Gasteiger partial charge in [0.2, 0.25) is 11.8 Å². The Morgan fingerprint density at radius 1 is 1.07 bits per heavy atom. The number of halogens is 2. The number of hydrogen-bond donors (Lipinski definition) is 1. The van der Waals surface area contributed by atoms with Crippen molar-refractivity contribution in [3.8, 4) is 0 Å². The zero-order valence-electron chi connectivity index (χ0n) is 15.7. The Morgan fingerprint density at radius 3 is 2.36 bits per heavy atom. The Kier molecular flexibility index (Phi) is 6.06. The van der Waals surface area contributed by atoms with Crippen LogP contribution in [0.5, 0.6) is 0 Å². The Balaban J connectivity index is 1.70. The van der Waals surface area contributed by atoms with Gasteiger partial charge < -0.3 is 15.1 Å². The van der Waals surface area contributed by atoms with E-state index in [1.54, 1.807) is 4.90 Å². The second-order valence-corrected chi connectivity index (χ2v) is 7.13. The Hall–Kier alpha value is -2.77. The third kappa shape index (κ3) is 4.55. The molecule has 1 fully saturated rings. The predicted molar refractivity (Wildman–Crippen MR) is 99.6 cm³/mol. The minimum absolute atomic E-state index is 0.0813. The third-order valence-electron chi connectivity index (χ3n) is 5.13.